The van der Waals surface area contributed by atoms with E-state index in [0.717, 1.165) is 13.0 Å². The number of carbonyl (C=O) groups excluding carboxylic acids is 1. The zero-order chi connectivity index (χ0) is 13.1. The summed E-state index contributed by atoms with van der Waals surface area (Å²) < 4.78 is 13.7. The summed E-state index contributed by atoms with van der Waals surface area (Å²) in [5.41, 5.74) is 6.12. The number of hydrogen-bond acceptors (Lipinski definition) is 2. The molecule has 0 heterocycles. The summed E-state index contributed by atoms with van der Waals surface area (Å²) in [6.45, 7) is 3.42. The molecule has 1 aromatic rings. The fraction of sp³-hybridized carbons (Fsp3) is 0.500. The summed E-state index contributed by atoms with van der Waals surface area (Å²) >= 11 is 0. The topological polar surface area (TPSA) is 46.3 Å². The number of anilines is 1. The fourth-order valence-corrected chi connectivity index (χ4v) is 2.03. The lowest BCUT2D eigenvalue weighted by atomic mass is 10.1. The van der Waals surface area contributed by atoms with Crippen molar-refractivity contribution in [1.82, 2.24) is 4.90 Å². The van der Waals surface area contributed by atoms with Crippen molar-refractivity contribution in [2.24, 2.45) is 5.92 Å². The first kappa shape index (κ1) is 12.9. The molecule has 1 fully saturated rings. The number of amides is 1. The molecule has 1 aromatic carbocycles. The second-order valence-electron chi connectivity index (χ2n) is 4.93. The molecule has 1 aliphatic carbocycles. The standard InChI is InChI=1S/C14H19FN2O/c1-2-7-17(9-10-3-4-10)14(18)12-8-11(16)5-6-13(12)15/h5-6,8,10H,2-4,7,9,16H2,1H3. The Bertz CT molecular complexity index is 443. The quantitative estimate of drug-likeness (QED) is 0.817. The van der Waals surface area contributed by atoms with E-state index in [9.17, 15) is 9.18 Å². The van der Waals surface area contributed by atoms with Gasteiger partial charge in [0.2, 0.25) is 0 Å². The third kappa shape index (κ3) is 3.00. The van der Waals surface area contributed by atoms with Gasteiger partial charge in [0.15, 0.2) is 0 Å². The van der Waals surface area contributed by atoms with E-state index in [2.05, 4.69) is 0 Å². The van der Waals surface area contributed by atoms with Gasteiger partial charge in [0.1, 0.15) is 5.82 Å². The lowest BCUT2D eigenvalue weighted by molar-refractivity contribution is 0.0743. The number of rotatable bonds is 5. The van der Waals surface area contributed by atoms with Crippen molar-refractivity contribution < 1.29 is 9.18 Å². The maximum atomic E-state index is 13.7. The number of hydrogen-bond donors (Lipinski definition) is 1. The Morgan fingerprint density at radius 3 is 2.83 bits per heavy atom. The number of halogens is 1. The largest absolute Gasteiger partial charge is 0.399 e. The van der Waals surface area contributed by atoms with Gasteiger partial charge in [0.05, 0.1) is 5.56 Å². The van der Waals surface area contributed by atoms with Gasteiger partial charge in [0, 0.05) is 18.8 Å². The van der Waals surface area contributed by atoms with Gasteiger partial charge in [-0.05, 0) is 43.4 Å². The SMILES string of the molecule is CCCN(CC1CC1)C(=O)c1cc(N)ccc1F. The molecule has 0 bridgehead atoms. The van der Waals surface area contributed by atoms with Crippen LogP contribution in [0.3, 0.4) is 0 Å². The Kier molecular flexibility index (Phi) is 3.84. The summed E-state index contributed by atoms with van der Waals surface area (Å²) in [7, 11) is 0. The van der Waals surface area contributed by atoms with Crippen LogP contribution in [-0.4, -0.2) is 23.9 Å². The normalized spacial score (nSPS) is 14.6. The molecule has 0 saturated heterocycles. The summed E-state index contributed by atoms with van der Waals surface area (Å²) in [5, 5.41) is 0. The summed E-state index contributed by atoms with van der Waals surface area (Å²) in [6, 6.07) is 4.15. The minimum atomic E-state index is -0.494. The minimum Gasteiger partial charge on any atom is -0.399 e. The molecule has 98 valence electrons. The van der Waals surface area contributed by atoms with Crippen LogP contribution in [0.4, 0.5) is 10.1 Å². The highest BCUT2D eigenvalue weighted by atomic mass is 19.1. The second kappa shape index (κ2) is 5.38. The summed E-state index contributed by atoms with van der Waals surface area (Å²) in [6.07, 6.45) is 3.22. The molecule has 2 N–H and O–H groups in total. The number of nitrogen functional groups attached to an aromatic ring is 1. The van der Waals surface area contributed by atoms with Crippen LogP contribution in [0.15, 0.2) is 18.2 Å². The van der Waals surface area contributed by atoms with E-state index in [1.54, 1.807) is 4.90 Å². The van der Waals surface area contributed by atoms with Gasteiger partial charge >= 0.3 is 0 Å². The molecule has 1 aliphatic rings. The van der Waals surface area contributed by atoms with E-state index < -0.39 is 5.82 Å². The van der Waals surface area contributed by atoms with Crippen molar-refractivity contribution in [3.05, 3.63) is 29.6 Å². The fourth-order valence-electron chi connectivity index (χ4n) is 2.03. The van der Waals surface area contributed by atoms with Crippen molar-refractivity contribution in [3.8, 4) is 0 Å². The second-order valence-corrected chi connectivity index (χ2v) is 4.93. The number of carbonyl (C=O) groups is 1. The van der Waals surface area contributed by atoms with Gasteiger partial charge in [-0.2, -0.15) is 0 Å². The van der Waals surface area contributed by atoms with Crippen LogP contribution in [0.1, 0.15) is 36.5 Å². The first-order valence-electron chi connectivity index (χ1n) is 6.46. The van der Waals surface area contributed by atoms with Gasteiger partial charge < -0.3 is 10.6 Å². The molecular weight excluding hydrogens is 231 g/mol. The zero-order valence-corrected chi connectivity index (χ0v) is 10.7. The zero-order valence-electron chi connectivity index (χ0n) is 10.7. The molecular formula is C14H19FN2O. The van der Waals surface area contributed by atoms with Crippen LogP contribution in [0.25, 0.3) is 0 Å². The van der Waals surface area contributed by atoms with E-state index in [0.29, 0.717) is 18.2 Å². The van der Waals surface area contributed by atoms with Crippen LogP contribution in [0.2, 0.25) is 0 Å². The molecule has 18 heavy (non-hydrogen) atoms. The molecule has 0 aliphatic heterocycles. The van der Waals surface area contributed by atoms with E-state index in [4.69, 9.17) is 5.73 Å². The average Bonchev–Trinajstić information content (AvgIpc) is 3.15. The van der Waals surface area contributed by atoms with Gasteiger partial charge in [-0.15, -0.1) is 0 Å². The van der Waals surface area contributed by atoms with Crippen LogP contribution >= 0.6 is 0 Å². The average molecular weight is 250 g/mol. The summed E-state index contributed by atoms with van der Waals surface area (Å²) in [4.78, 5) is 14.0. The van der Waals surface area contributed by atoms with E-state index in [1.807, 2.05) is 6.92 Å². The Morgan fingerprint density at radius 1 is 1.50 bits per heavy atom. The lowest BCUT2D eigenvalue weighted by Gasteiger charge is -2.22. The van der Waals surface area contributed by atoms with Crippen LogP contribution in [-0.2, 0) is 0 Å². The molecule has 1 saturated carbocycles. The predicted octanol–water partition coefficient (Wildman–Crippen LogP) is 2.67. The van der Waals surface area contributed by atoms with Crippen molar-refractivity contribution in [2.45, 2.75) is 26.2 Å². The molecule has 4 heteroatoms. The highest BCUT2D eigenvalue weighted by Crippen LogP contribution is 2.30. The van der Waals surface area contributed by atoms with Crippen molar-refractivity contribution in [2.75, 3.05) is 18.8 Å². The highest BCUT2D eigenvalue weighted by Gasteiger charge is 2.27. The maximum Gasteiger partial charge on any atom is 0.256 e. The van der Waals surface area contributed by atoms with Crippen LogP contribution < -0.4 is 5.73 Å². The predicted molar refractivity (Wildman–Crippen MR) is 69.7 cm³/mol. The molecule has 3 nitrogen and oxygen atoms in total. The van der Waals surface area contributed by atoms with Crippen LogP contribution in [0.5, 0.6) is 0 Å². The van der Waals surface area contributed by atoms with E-state index in [-0.39, 0.29) is 11.5 Å². The smallest absolute Gasteiger partial charge is 0.256 e. The maximum absolute atomic E-state index is 13.7. The van der Waals surface area contributed by atoms with Crippen molar-refractivity contribution in [3.63, 3.8) is 0 Å². The first-order valence-corrected chi connectivity index (χ1v) is 6.46. The van der Waals surface area contributed by atoms with E-state index in [1.165, 1.54) is 31.0 Å². The number of nitrogens with two attached hydrogens (primary N) is 1. The monoisotopic (exact) mass is 250 g/mol. The Balaban J connectivity index is 2.17. The van der Waals surface area contributed by atoms with Crippen molar-refractivity contribution >= 4 is 11.6 Å². The minimum absolute atomic E-state index is 0.0871. The third-order valence-electron chi connectivity index (χ3n) is 3.18. The van der Waals surface area contributed by atoms with Gasteiger partial charge in [0.25, 0.3) is 5.91 Å². The van der Waals surface area contributed by atoms with E-state index >= 15 is 0 Å². The highest BCUT2D eigenvalue weighted by molar-refractivity contribution is 5.95. The Hall–Kier alpha value is -1.58. The summed E-state index contributed by atoms with van der Waals surface area (Å²) in [5.74, 6) is -0.135. The van der Waals surface area contributed by atoms with Gasteiger partial charge in [-0.25, -0.2) is 4.39 Å². The molecule has 0 atom stereocenters. The molecule has 0 spiro atoms. The van der Waals surface area contributed by atoms with Crippen molar-refractivity contribution in [1.29, 1.82) is 0 Å². The third-order valence-corrected chi connectivity index (χ3v) is 3.18. The molecule has 0 aromatic heterocycles. The molecule has 1 amide bonds. The van der Waals surface area contributed by atoms with Gasteiger partial charge in [-0.1, -0.05) is 6.92 Å². The Labute approximate surface area is 107 Å². The van der Waals surface area contributed by atoms with Crippen LogP contribution in [0, 0.1) is 11.7 Å². The van der Waals surface area contributed by atoms with Gasteiger partial charge in [-0.3, -0.25) is 4.79 Å². The first-order chi connectivity index (χ1) is 8.61. The Morgan fingerprint density at radius 2 is 2.22 bits per heavy atom. The number of nitrogens with zero attached hydrogens (tertiary/aromatic N) is 1. The number of benzene rings is 1. The molecule has 0 unspecified atom stereocenters. The molecule has 2 rings (SSSR count). The molecule has 0 radical (unpaired) electrons. The lowest BCUT2D eigenvalue weighted by Crippen LogP contribution is -2.34.